The fourth-order valence-corrected chi connectivity index (χ4v) is 6.12. The smallest absolute Gasteiger partial charge is 0.347 e. The number of hydrogen-bond donors (Lipinski definition) is 4. The molecular formula is C24H23Cl2N5O4S. The van der Waals surface area contributed by atoms with Crippen molar-refractivity contribution in [2.45, 2.75) is 26.3 Å². The molecule has 2 amide bonds. The summed E-state index contributed by atoms with van der Waals surface area (Å²) < 4.78 is 0. The lowest BCUT2D eigenvalue weighted by Gasteiger charge is -2.19. The number of nitrogens with zero attached hydrogens (tertiary/aromatic N) is 2. The van der Waals surface area contributed by atoms with Crippen LogP contribution in [0.4, 0.5) is 10.8 Å². The van der Waals surface area contributed by atoms with Crippen molar-refractivity contribution in [1.82, 2.24) is 15.3 Å². The Labute approximate surface area is 220 Å². The Balaban J connectivity index is 1.25. The van der Waals surface area contributed by atoms with Crippen LogP contribution in [0.1, 0.15) is 44.0 Å². The molecule has 4 N–H and O–H groups in total. The molecule has 2 aliphatic rings. The quantitative estimate of drug-likeness (QED) is 0.351. The SMILES string of the molecule is CC(=O)Nc1cccc(Cc2nc(N3C[C@@H]4C(NC(=O)c5[nH]c(C)c(Cl)c5Cl)[C@@H]4C3)sc2C(=O)O)c1. The van der Waals surface area contributed by atoms with Gasteiger partial charge in [-0.15, -0.1) is 0 Å². The number of rotatable bonds is 7. The van der Waals surface area contributed by atoms with E-state index in [1.807, 2.05) is 18.2 Å². The largest absolute Gasteiger partial charge is 0.477 e. The van der Waals surface area contributed by atoms with E-state index in [-0.39, 0.29) is 45.3 Å². The van der Waals surface area contributed by atoms with E-state index < -0.39 is 5.97 Å². The normalized spacial score (nSPS) is 20.2. The molecule has 0 spiro atoms. The van der Waals surface area contributed by atoms with Crippen LogP contribution in [-0.4, -0.2) is 52.0 Å². The van der Waals surface area contributed by atoms with Crippen molar-refractivity contribution in [2.24, 2.45) is 11.8 Å². The first kappa shape index (κ1) is 24.6. The van der Waals surface area contributed by atoms with Crippen LogP contribution in [0, 0.1) is 18.8 Å². The number of thiazole rings is 1. The third-order valence-corrected chi connectivity index (χ3v) is 8.64. The third kappa shape index (κ3) is 4.68. The number of aromatic carboxylic acids is 1. The predicted octanol–water partition coefficient (Wildman–Crippen LogP) is 4.20. The number of aromatic amines is 1. The molecule has 2 fully saturated rings. The van der Waals surface area contributed by atoms with Crippen LogP contribution in [0.25, 0.3) is 0 Å². The Kier molecular flexibility index (Phi) is 6.44. The van der Waals surface area contributed by atoms with Gasteiger partial charge in [0.05, 0.1) is 15.7 Å². The molecule has 1 saturated heterocycles. The topological polar surface area (TPSA) is 127 Å². The number of aromatic nitrogens is 2. The number of benzene rings is 1. The molecule has 3 atom stereocenters. The second-order valence-corrected chi connectivity index (χ2v) is 10.9. The maximum atomic E-state index is 12.6. The number of piperidine rings is 1. The van der Waals surface area contributed by atoms with Gasteiger partial charge in [-0.1, -0.05) is 46.7 Å². The van der Waals surface area contributed by atoms with E-state index in [4.69, 9.17) is 23.2 Å². The van der Waals surface area contributed by atoms with Gasteiger partial charge in [-0.3, -0.25) is 9.59 Å². The Morgan fingerprint density at radius 3 is 2.56 bits per heavy atom. The van der Waals surface area contributed by atoms with Gasteiger partial charge in [0.2, 0.25) is 5.91 Å². The molecule has 36 heavy (non-hydrogen) atoms. The van der Waals surface area contributed by atoms with Crippen molar-refractivity contribution in [1.29, 1.82) is 0 Å². The molecular weight excluding hydrogens is 525 g/mol. The number of carbonyl (C=O) groups is 3. The molecule has 12 heteroatoms. The van der Waals surface area contributed by atoms with Crippen molar-refractivity contribution in [2.75, 3.05) is 23.3 Å². The van der Waals surface area contributed by atoms with E-state index >= 15 is 0 Å². The molecule has 1 aromatic carbocycles. The molecule has 3 aromatic rings. The number of nitrogens with one attached hydrogen (secondary N) is 3. The minimum absolute atomic E-state index is 0.0297. The lowest BCUT2D eigenvalue weighted by atomic mass is 10.1. The van der Waals surface area contributed by atoms with Gasteiger partial charge in [0.15, 0.2) is 5.13 Å². The number of anilines is 2. The molecule has 0 radical (unpaired) electrons. The summed E-state index contributed by atoms with van der Waals surface area (Å²) in [6.07, 6.45) is 0.337. The van der Waals surface area contributed by atoms with Gasteiger partial charge >= 0.3 is 5.97 Å². The zero-order valence-corrected chi connectivity index (χ0v) is 21.7. The number of halogens is 2. The first-order chi connectivity index (χ1) is 17.1. The molecule has 188 valence electrons. The van der Waals surface area contributed by atoms with Crippen LogP contribution >= 0.6 is 34.5 Å². The first-order valence-electron chi connectivity index (χ1n) is 11.3. The summed E-state index contributed by atoms with van der Waals surface area (Å²) >= 11 is 13.4. The van der Waals surface area contributed by atoms with Gasteiger partial charge in [-0.05, 0) is 24.6 Å². The number of carbonyl (C=O) groups excluding carboxylic acids is 2. The predicted molar refractivity (Wildman–Crippen MR) is 139 cm³/mol. The fraction of sp³-hybridized carbons (Fsp3) is 0.333. The van der Waals surface area contributed by atoms with Crippen molar-refractivity contribution >= 4 is 63.1 Å². The second kappa shape index (κ2) is 9.42. The highest BCUT2D eigenvalue weighted by atomic mass is 35.5. The highest BCUT2D eigenvalue weighted by Crippen LogP contribution is 2.48. The van der Waals surface area contributed by atoms with Crippen molar-refractivity contribution < 1.29 is 19.5 Å². The highest BCUT2D eigenvalue weighted by molar-refractivity contribution is 7.17. The zero-order valence-electron chi connectivity index (χ0n) is 19.4. The van der Waals surface area contributed by atoms with Crippen molar-refractivity contribution in [3.63, 3.8) is 0 Å². The van der Waals surface area contributed by atoms with Gasteiger partial charge in [-0.2, -0.15) is 0 Å². The Morgan fingerprint density at radius 2 is 1.94 bits per heavy atom. The summed E-state index contributed by atoms with van der Waals surface area (Å²) in [6.45, 7) is 4.54. The van der Waals surface area contributed by atoms with E-state index in [1.165, 1.54) is 6.92 Å². The van der Waals surface area contributed by atoms with Crippen LogP contribution in [0.5, 0.6) is 0 Å². The minimum Gasteiger partial charge on any atom is -0.477 e. The number of H-pyrrole nitrogens is 1. The first-order valence-corrected chi connectivity index (χ1v) is 12.9. The summed E-state index contributed by atoms with van der Waals surface area (Å²) in [5.74, 6) is -0.958. The number of carboxylic acids is 1. The average molecular weight is 548 g/mol. The molecule has 3 heterocycles. The van der Waals surface area contributed by atoms with Crippen LogP contribution in [0.15, 0.2) is 24.3 Å². The molecule has 1 aliphatic heterocycles. The summed E-state index contributed by atoms with van der Waals surface area (Å²) in [5.41, 5.74) is 2.90. The molecule has 0 bridgehead atoms. The van der Waals surface area contributed by atoms with Gasteiger partial charge in [0, 0.05) is 55.7 Å². The Morgan fingerprint density at radius 1 is 1.22 bits per heavy atom. The van der Waals surface area contributed by atoms with Crippen LogP contribution in [-0.2, 0) is 11.2 Å². The van der Waals surface area contributed by atoms with E-state index in [0.29, 0.717) is 46.7 Å². The summed E-state index contributed by atoms with van der Waals surface area (Å²) in [4.78, 5) is 45.8. The number of hydrogen-bond acceptors (Lipinski definition) is 6. The fourth-order valence-electron chi connectivity index (χ4n) is 4.77. The monoisotopic (exact) mass is 547 g/mol. The molecule has 2 aromatic heterocycles. The zero-order chi connectivity index (χ0) is 25.7. The van der Waals surface area contributed by atoms with Crippen LogP contribution < -0.4 is 15.5 Å². The number of carboxylic acid groups (broad SMARTS) is 1. The minimum atomic E-state index is -1.02. The summed E-state index contributed by atoms with van der Waals surface area (Å²) in [7, 11) is 0. The Hall–Kier alpha value is -3.08. The maximum Gasteiger partial charge on any atom is 0.347 e. The van der Waals surface area contributed by atoms with E-state index in [0.717, 1.165) is 16.9 Å². The third-order valence-electron chi connectivity index (χ3n) is 6.54. The van der Waals surface area contributed by atoms with Crippen LogP contribution in [0.2, 0.25) is 10.0 Å². The molecule has 1 aliphatic carbocycles. The van der Waals surface area contributed by atoms with Gasteiger partial charge in [0.1, 0.15) is 10.6 Å². The number of aryl methyl sites for hydroxylation is 1. The van der Waals surface area contributed by atoms with E-state index in [9.17, 15) is 19.5 Å². The van der Waals surface area contributed by atoms with Gasteiger partial charge in [-0.25, -0.2) is 9.78 Å². The lowest BCUT2D eigenvalue weighted by molar-refractivity contribution is -0.114. The number of amides is 2. The van der Waals surface area contributed by atoms with Gasteiger partial charge in [0.25, 0.3) is 5.91 Å². The van der Waals surface area contributed by atoms with Crippen LogP contribution in [0.3, 0.4) is 0 Å². The van der Waals surface area contributed by atoms with Crippen molar-refractivity contribution in [3.8, 4) is 0 Å². The molecule has 1 unspecified atom stereocenters. The molecule has 1 saturated carbocycles. The summed E-state index contributed by atoms with van der Waals surface area (Å²) in [6, 6.07) is 7.31. The maximum absolute atomic E-state index is 12.6. The van der Waals surface area contributed by atoms with Gasteiger partial charge < -0.3 is 25.6 Å². The van der Waals surface area contributed by atoms with E-state index in [1.54, 1.807) is 13.0 Å². The van der Waals surface area contributed by atoms with Crippen molar-refractivity contribution in [3.05, 3.63) is 61.8 Å². The Bertz CT molecular complexity index is 1370. The second-order valence-electron chi connectivity index (χ2n) is 9.12. The highest BCUT2D eigenvalue weighted by Gasteiger charge is 2.57. The average Bonchev–Trinajstić information content (AvgIpc) is 3.18. The molecule has 9 nitrogen and oxygen atoms in total. The standard InChI is InChI=1S/C24H23Cl2N5O4S/c1-10-17(25)18(26)20(27-10)22(33)30-19-14-8-31(9-15(14)19)24-29-16(21(36-24)23(34)35)7-12-4-3-5-13(6-12)28-11(2)32/h3-6,14-15,19,27H,7-9H2,1-2H3,(H,28,32)(H,30,33)(H,34,35)/t14-,15+,19?. The lowest BCUT2D eigenvalue weighted by Crippen LogP contribution is -2.34. The summed E-state index contributed by atoms with van der Waals surface area (Å²) in [5, 5.41) is 16.7. The van der Waals surface area contributed by atoms with E-state index in [2.05, 4.69) is 25.5 Å². The number of fused-ring (bicyclic) bond motifs is 1. The molecule has 5 rings (SSSR count).